The van der Waals surface area contributed by atoms with Gasteiger partial charge in [-0.15, -0.1) is 0 Å². The van der Waals surface area contributed by atoms with Gasteiger partial charge in [0, 0.05) is 22.1 Å². The third-order valence-electron chi connectivity index (χ3n) is 11.9. The summed E-state index contributed by atoms with van der Waals surface area (Å²) in [6.45, 7) is 0. The Morgan fingerprint density at radius 2 is 1.04 bits per heavy atom. The molecule has 0 N–H and O–H groups in total. The van der Waals surface area contributed by atoms with Gasteiger partial charge >= 0.3 is 0 Å². The van der Waals surface area contributed by atoms with E-state index in [4.69, 9.17) is 15.0 Å². The molecule has 0 unspecified atom stereocenters. The molecule has 0 amide bonds. The lowest BCUT2D eigenvalue weighted by atomic mass is 9.42. The second-order valence-corrected chi connectivity index (χ2v) is 14.4. The van der Waals surface area contributed by atoms with Crippen LogP contribution in [-0.2, 0) is 5.41 Å². The zero-order chi connectivity index (χ0) is 31.8. The van der Waals surface area contributed by atoms with E-state index in [0.717, 1.165) is 28.5 Å². The van der Waals surface area contributed by atoms with Crippen LogP contribution in [-0.4, -0.2) is 15.0 Å². The van der Waals surface area contributed by atoms with Gasteiger partial charge in [0.2, 0.25) is 0 Å². The minimum atomic E-state index is -0.0455. The molecule has 5 aromatic carbocycles. The Labute approximate surface area is 281 Å². The van der Waals surface area contributed by atoms with Gasteiger partial charge < -0.3 is 0 Å². The van der Waals surface area contributed by atoms with Gasteiger partial charge in [-0.05, 0) is 107 Å². The standard InChI is InChI=1S/C44H34N4/c45-26-27-14-16-30(17-15-27)36-12-7-13-38-37-19-18-33(25-39(37)44(40(36)38)34-21-28-20-29(23-34)24-35(44)22-28)43-47-41(31-8-3-1-4-9-31)46-42(48-43)32-10-5-2-6-11-32/h1-19,25,28-29,34-35H,20-24H2. The van der Waals surface area contributed by atoms with Crippen LogP contribution in [0.4, 0.5) is 0 Å². The van der Waals surface area contributed by atoms with Crippen LogP contribution < -0.4 is 0 Å². The van der Waals surface area contributed by atoms with Gasteiger partial charge in [0.25, 0.3) is 0 Å². The molecule has 5 aliphatic rings. The Hall–Kier alpha value is -5.40. The van der Waals surface area contributed by atoms with Crippen molar-refractivity contribution in [2.24, 2.45) is 23.7 Å². The van der Waals surface area contributed by atoms with Crippen LogP contribution in [0.25, 0.3) is 56.4 Å². The van der Waals surface area contributed by atoms with Crippen LogP contribution in [0.1, 0.15) is 48.8 Å². The van der Waals surface area contributed by atoms with Crippen molar-refractivity contribution in [2.75, 3.05) is 0 Å². The molecule has 4 heteroatoms. The quantitative estimate of drug-likeness (QED) is 0.197. The summed E-state index contributed by atoms with van der Waals surface area (Å²) in [4.78, 5) is 15.2. The Morgan fingerprint density at radius 1 is 0.500 bits per heavy atom. The van der Waals surface area contributed by atoms with Crippen LogP contribution in [0, 0.1) is 35.0 Å². The second kappa shape index (κ2) is 10.6. The van der Waals surface area contributed by atoms with Crippen LogP contribution in [0.3, 0.4) is 0 Å². The van der Waals surface area contributed by atoms with Crippen molar-refractivity contribution in [3.63, 3.8) is 0 Å². The number of hydrogen-bond donors (Lipinski definition) is 0. The van der Waals surface area contributed by atoms with Crippen LogP contribution >= 0.6 is 0 Å². The number of nitrogens with zero attached hydrogens (tertiary/aromatic N) is 4. The first kappa shape index (κ1) is 27.7. The highest BCUT2D eigenvalue weighted by atomic mass is 15.0. The van der Waals surface area contributed by atoms with Gasteiger partial charge in [-0.2, -0.15) is 5.26 Å². The molecule has 0 radical (unpaired) electrons. The summed E-state index contributed by atoms with van der Waals surface area (Å²) in [5.74, 6) is 5.02. The molecule has 0 saturated heterocycles. The van der Waals surface area contributed by atoms with E-state index in [-0.39, 0.29) is 5.41 Å². The summed E-state index contributed by atoms with van der Waals surface area (Å²) in [6, 6.07) is 44.9. The predicted molar refractivity (Wildman–Crippen MR) is 190 cm³/mol. The highest BCUT2D eigenvalue weighted by Crippen LogP contribution is 2.70. The first-order valence-electron chi connectivity index (χ1n) is 17.3. The lowest BCUT2D eigenvalue weighted by Crippen LogP contribution is -2.55. The molecular formula is C44H34N4. The normalized spacial score (nSPS) is 24.3. The van der Waals surface area contributed by atoms with E-state index in [1.807, 2.05) is 48.5 Å². The van der Waals surface area contributed by atoms with Crippen molar-refractivity contribution >= 4 is 0 Å². The van der Waals surface area contributed by atoms with Gasteiger partial charge in [0.15, 0.2) is 17.5 Å². The number of fused-ring (bicyclic) bond motifs is 3. The maximum atomic E-state index is 9.53. The van der Waals surface area contributed by atoms with E-state index in [1.54, 1.807) is 0 Å². The molecule has 11 rings (SSSR count). The van der Waals surface area contributed by atoms with Gasteiger partial charge in [0.1, 0.15) is 0 Å². The minimum absolute atomic E-state index is 0.0455. The van der Waals surface area contributed by atoms with E-state index >= 15 is 0 Å². The van der Waals surface area contributed by atoms with Crippen molar-refractivity contribution in [1.82, 2.24) is 15.0 Å². The summed E-state index contributed by atoms with van der Waals surface area (Å²) in [7, 11) is 0. The first-order chi connectivity index (χ1) is 23.7. The topological polar surface area (TPSA) is 62.5 Å². The summed E-state index contributed by atoms with van der Waals surface area (Å²) < 4.78 is 0. The van der Waals surface area contributed by atoms with E-state index in [9.17, 15) is 5.26 Å². The maximum Gasteiger partial charge on any atom is 0.164 e. The van der Waals surface area contributed by atoms with Crippen LogP contribution in [0.15, 0.2) is 121 Å². The zero-order valence-corrected chi connectivity index (χ0v) is 26.7. The third kappa shape index (κ3) is 4.04. The highest BCUT2D eigenvalue weighted by molar-refractivity contribution is 5.90. The molecule has 230 valence electrons. The lowest BCUT2D eigenvalue weighted by molar-refractivity contribution is -0.0397. The molecule has 4 nitrogen and oxygen atoms in total. The Bertz CT molecular complexity index is 2160. The molecule has 4 saturated carbocycles. The Balaban J connectivity index is 1.20. The minimum Gasteiger partial charge on any atom is -0.208 e. The summed E-state index contributed by atoms with van der Waals surface area (Å²) in [6.07, 6.45) is 6.63. The Kier molecular flexibility index (Phi) is 6.09. The van der Waals surface area contributed by atoms with Crippen molar-refractivity contribution in [3.8, 4) is 62.5 Å². The number of rotatable bonds is 4. The molecular weight excluding hydrogens is 585 g/mol. The van der Waals surface area contributed by atoms with Gasteiger partial charge in [0.05, 0.1) is 11.6 Å². The highest BCUT2D eigenvalue weighted by Gasteiger charge is 2.62. The molecule has 5 aliphatic carbocycles. The average Bonchev–Trinajstić information content (AvgIpc) is 3.44. The van der Waals surface area contributed by atoms with Crippen LogP contribution in [0.2, 0.25) is 0 Å². The van der Waals surface area contributed by atoms with E-state index < -0.39 is 0 Å². The van der Waals surface area contributed by atoms with Crippen molar-refractivity contribution in [2.45, 2.75) is 37.5 Å². The summed E-state index contributed by atoms with van der Waals surface area (Å²) in [5, 5.41) is 9.53. The molecule has 4 bridgehead atoms. The smallest absolute Gasteiger partial charge is 0.164 e. The van der Waals surface area contributed by atoms with Gasteiger partial charge in [-0.1, -0.05) is 103 Å². The molecule has 0 aliphatic heterocycles. The molecule has 0 atom stereocenters. The first-order valence-corrected chi connectivity index (χ1v) is 17.3. The van der Waals surface area contributed by atoms with E-state index in [1.165, 1.54) is 65.5 Å². The summed E-state index contributed by atoms with van der Waals surface area (Å²) >= 11 is 0. The van der Waals surface area contributed by atoms with Gasteiger partial charge in [-0.25, -0.2) is 15.0 Å². The number of nitriles is 1. The molecule has 1 aromatic heterocycles. The fraction of sp³-hybridized carbons (Fsp3) is 0.227. The number of benzene rings is 5. The number of aromatic nitrogens is 3. The van der Waals surface area contributed by atoms with E-state index in [2.05, 4.69) is 78.9 Å². The SMILES string of the molecule is N#Cc1ccc(-c2cccc3c2C2(c4cc(-c5nc(-c6ccccc6)nc(-c6ccccc6)n5)ccc4-3)C3CC4CC(C3)CC2C4)cc1. The van der Waals surface area contributed by atoms with Crippen molar-refractivity contribution < 1.29 is 0 Å². The predicted octanol–water partition coefficient (Wildman–Crippen LogP) is 10.1. The molecule has 1 heterocycles. The van der Waals surface area contributed by atoms with E-state index in [0.29, 0.717) is 34.9 Å². The maximum absolute atomic E-state index is 9.53. The second-order valence-electron chi connectivity index (χ2n) is 14.4. The molecule has 48 heavy (non-hydrogen) atoms. The Morgan fingerprint density at radius 3 is 1.62 bits per heavy atom. The van der Waals surface area contributed by atoms with Crippen molar-refractivity contribution in [3.05, 3.63) is 138 Å². The molecule has 6 aromatic rings. The molecule has 1 spiro atoms. The largest absolute Gasteiger partial charge is 0.208 e. The third-order valence-corrected chi connectivity index (χ3v) is 11.9. The zero-order valence-electron chi connectivity index (χ0n) is 26.7. The van der Waals surface area contributed by atoms with Crippen LogP contribution in [0.5, 0.6) is 0 Å². The van der Waals surface area contributed by atoms with Crippen molar-refractivity contribution in [1.29, 1.82) is 5.26 Å². The summed E-state index contributed by atoms with van der Waals surface area (Å²) in [5.41, 5.74) is 11.9. The fourth-order valence-electron chi connectivity index (χ4n) is 10.3. The lowest BCUT2D eigenvalue weighted by Gasteiger charge is -2.61. The average molecular weight is 619 g/mol. The fourth-order valence-corrected chi connectivity index (χ4v) is 10.3. The number of hydrogen-bond acceptors (Lipinski definition) is 4. The monoisotopic (exact) mass is 618 g/mol. The molecule has 4 fully saturated rings. The van der Waals surface area contributed by atoms with Gasteiger partial charge in [-0.3, -0.25) is 0 Å².